The third-order valence-corrected chi connectivity index (χ3v) is 5.77. The standard InChI is InChI=1S/C14H19N5O3S/c1-18-14(15-16-17-18)11-22-12-5-7-13(8-6-12)23(20,21)19-9-3-2-4-10-19/h5-8H,2-4,9-11H2,1H3. The molecule has 23 heavy (non-hydrogen) atoms. The molecule has 1 aromatic carbocycles. The Bertz CT molecular complexity index is 751. The fourth-order valence-corrected chi connectivity index (χ4v) is 4.00. The van der Waals surface area contributed by atoms with Crippen LogP contribution in [0, 0.1) is 0 Å². The molecule has 0 spiro atoms. The van der Waals surface area contributed by atoms with E-state index < -0.39 is 10.0 Å². The lowest BCUT2D eigenvalue weighted by Gasteiger charge is -2.25. The average molecular weight is 337 g/mol. The number of aryl methyl sites for hydroxylation is 1. The molecule has 1 aliphatic heterocycles. The maximum absolute atomic E-state index is 12.5. The Morgan fingerprint density at radius 1 is 1.13 bits per heavy atom. The van der Waals surface area contributed by atoms with Crippen LogP contribution in [0.4, 0.5) is 0 Å². The minimum atomic E-state index is -3.40. The van der Waals surface area contributed by atoms with Gasteiger partial charge in [0, 0.05) is 20.1 Å². The normalized spacial score (nSPS) is 16.4. The van der Waals surface area contributed by atoms with Crippen LogP contribution in [0.25, 0.3) is 0 Å². The second kappa shape index (κ2) is 6.63. The van der Waals surface area contributed by atoms with E-state index in [4.69, 9.17) is 4.74 Å². The molecule has 0 unspecified atom stereocenters. The van der Waals surface area contributed by atoms with Gasteiger partial charge in [-0.2, -0.15) is 4.31 Å². The molecule has 1 aromatic heterocycles. The average Bonchev–Trinajstić information content (AvgIpc) is 2.99. The van der Waals surface area contributed by atoms with Crippen molar-refractivity contribution in [2.24, 2.45) is 7.05 Å². The van der Waals surface area contributed by atoms with Crippen molar-refractivity contribution >= 4 is 10.0 Å². The van der Waals surface area contributed by atoms with E-state index in [1.165, 1.54) is 4.68 Å². The van der Waals surface area contributed by atoms with Gasteiger partial charge in [0.15, 0.2) is 5.82 Å². The van der Waals surface area contributed by atoms with Crippen LogP contribution < -0.4 is 4.74 Å². The summed E-state index contributed by atoms with van der Waals surface area (Å²) in [4.78, 5) is 0.298. The van der Waals surface area contributed by atoms with Crippen LogP contribution in [0.15, 0.2) is 29.2 Å². The van der Waals surface area contributed by atoms with Crippen molar-refractivity contribution in [2.75, 3.05) is 13.1 Å². The highest BCUT2D eigenvalue weighted by atomic mass is 32.2. The first-order valence-electron chi connectivity index (χ1n) is 7.51. The van der Waals surface area contributed by atoms with Crippen molar-refractivity contribution in [1.82, 2.24) is 24.5 Å². The molecule has 124 valence electrons. The quantitative estimate of drug-likeness (QED) is 0.807. The van der Waals surface area contributed by atoms with Crippen molar-refractivity contribution in [3.63, 3.8) is 0 Å². The number of piperidine rings is 1. The van der Waals surface area contributed by atoms with Gasteiger partial charge >= 0.3 is 0 Å². The van der Waals surface area contributed by atoms with Gasteiger partial charge in [-0.25, -0.2) is 13.1 Å². The Balaban J connectivity index is 1.68. The maximum Gasteiger partial charge on any atom is 0.243 e. The molecule has 3 rings (SSSR count). The molecule has 0 amide bonds. The highest BCUT2D eigenvalue weighted by molar-refractivity contribution is 7.89. The number of aromatic nitrogens is 4. The molecule has 0 saturated carbocycles. The highest BCUT2D eigenvalue weighted by Crippen LogP contribution is 2.22. The molecule has 1 saturated heterocycles. The van der Waals surface area contributed by atoms with Crippen LogP contribution in [0.2, 0.25) is 0 Å². The summed E-state index contributed by atoms with van der Waals surface area (Å²) in [5, 5.41) is 11.1. The van der Waals surface area contributed by atoms with Gasteiger partial charge in [0.2, 0.25) is 10.0 Å². The zero-order chi connectivity index (χ0) is 16.3. The number of nitrogens with zero attached hydrogens (tertiary/aromatic N) is 5. The first kappa shape index (κ1) is 15.9. The zero-order valence-electron chi connectivity index (χ0n) is 12.9. The van der Waals surface area contributed by atoms with Gasteiger partial charge in [-0.15, -0.1) is 5.10 Å². The Morgan fingerprint density at radius 2 is 1.83 bits per heavy atom. The van der Waals surface area contributed by atoms with Crippen LogP contribution in [0.3, 0.4) is 0 Å². The third-order valence-electron chi connectivity index (χ3n) is 3.85. The van der Waals surface area contributed by atoms with Crippen LogP contribution in [0.1, 0.15) is 25.1 Å². The fourth-order valence-electron chi connectivity index (χ4n) is 2.48. The van der Waals surface area contributed by atoms with E-state index in [1.54, 1.807) is 35.6 Å². The van der Waals surface area contributed by atoms with Gasteiger partial charge in [0.1, 0.15) is 12.4 Å². The van der Waals surface area contributed by atoms with E-state index >= 15 is 0 Å². The molecular formula is C14H19N5O3S. The Hall–Kier alpha value is -2.00. The second-order valence-corrected chi connectivity index (χ2v) is 7.38. The maximum atomic E-state index is 12.5. The molecule has 1 fully saturated rings. The first-order valence-corrected chi connectivity index (χ1v) is 8.95. The van der Waals surface area contributed by atoms with Crippen molar-refractivity contribution in [2.45, 2.75) is 30.8 Å². The van der Waals surface area contributed by atoms with Crippen LogP contribution in [0.5, 0.6) is 5.75 Å². The van der Waals surface area contributed by atoms with E-state index in [9.17, 15) is 8.42 Å². The monoisotopic (exact) mass is 337 g/mol. The van der Waals surface area contributed by atoms with Crippen molar-refractivity contribution in [1.29, 1.82) is 0 Å². The lowest BCUT2D eigenvalue weighted by atomic mass is 10.2. The second-order valence-electron chi connectivity index (χ2n) is 5.44. The summed E-state index contributed by atoms with van der Waals surface area (Å²) in [6.07, 6.45) is 2.94. The summed E-state index contributed by atoms with van der Waals surface area (Å²) in [7, 11) is -1.67. The van der Waals surface area contributed by atoms with Gasteiger partial charge in [-0.3, -0.25) is 0 Å². The number of ether oxygens (including phenoxy) is 1. The van der Waals surface area contributed by atoms with Crippen LogP contribution >= 0.6 is 0 Å². The first-order chi connectivity index (χ1) is 11.1. The molecule has 0 atom stereocenters. The third kappa shape index (κ3) is 3.50. The number of sulfonamides is 1. The number of benzene rings is 1. The number of rotatable bonds is 5. The molecule has 1 aliphatic rings. The topological polar surface area (TPSA) is 90.2 Å². The molecular weight excluding hydrogens is 318 g/mol. The lowest BCUT2D eigenvalue weighted by Crippen LogP contribution is -2.35. The smallest absolute Gasteiger partial charge is 0.243 e. The minimum Gasteiger partial charge on any atom is -0.486 e. The molecule has 2 heterocycles. The molecule has 0 aliphatic carbocycles. The van der Waals surface area contributed by atoms with Gasteiger partial charge < -0.3 is 4.74 Å². The van der Waals surface area contributed by atoms with Gasteiger partial charge in [0.05, 0.1) is 4.90 Å². The predicted octanol–water partition coefficient (Wildman–Crippen LogP) is 0.964. The number of hydrogen-bond acceptors (Lipinski definition) is 6. The van der Waals surface area contributed by atoms with E-state index in [0.29, 0.717) is 29.6 Å². The van der Waals surface area contributed by atoms with E-state index in [0.717, 1.165) is 19.3 Å². The zero-order valence-corrected chi connectivity index (χ0v) is 13.7. The summed E-state index contributed by atoms with van der Waals surface area (Å²) >= 11 is 0. The van der Waals surface area contributed by atoms with Gasteiger partial charge in [0.25, 0.3) is 0 Å². The lowest BCUT2D eigenvalue weighted by molar-refractivity contribution is 0.289. The molecule has 8 nitrogen and oxygen atoms in total. The SMILES string of the molecule is Cn1nnnc1COc1ccc(S(=O)(=O)N2CCCCC2)cc1. The number of hydrogen-bond donors (Lipinski definition) is 0. The summed E-state index contributed by atoms with van der Waals surface area (Å²) in [6, 6.07) is 6.46. The van der Waals surface area contributed by atoms with E-state index in [2.05, 4.69) is 15.5 Å². The molecule has 0 N–H and O–H groups in total. The minimum absolute atomic E-state index is 0.224. The number of tetrazole rings is 1. The predicted molar refractivity (Wildman–Crippen MR) is 82.2 cm³/mol. The van der Waals surface area contributed by atoms with Crippen LogP contribution in [-0.4, -0.2) is 46.0 Å². The van der Waals surface area contributed by atoms with Gasteiger partial charge in [-0.1, -0.05) is 6.42 Å². The summed E-state index contributed by atoms with van der Waals surface area (Å²) in [5.41, 5.74) is 0. The van der Waals surface area contributed by atoms with Crippen molar-refractivity contribution < 1.29 is 13.2 Å². The molecule has 0 bridgehead atoms. The molecule has 9 heteroatoms. The van der Waals surface area contributed by atoms with E-state index in [1.807, 2.05) is 0 Å². The van der Waals surface area contributed by atoms with Crippen molar-refractivity contribution in [3.8, 4) is 5.75 Å². The van der Waals surface area contributed by atoms with Crippen LogP contribution in [-0.2, 0) is 23.7 Å². The summed E-state index contributed by atoms with van der Waals surface area (Å²) in [5.74, 6) is 1.17. The Morgan fingerprint density at radius 3 is 2.43 bits per heavy atom. The molecule has 0 radical (unpaired) electrons. The molecule has 2 aromatic rings. The Labute approximate surface area is 135 Å². The highest BCUT2D eigenvalue weighted by Gasteiger charge is 2.25. The Kier molecular flexibility index (Phi) is 4.58. The summed E-state index contributed by atoms with van der Waals surface area (Å²) < 4.78 is 33.7. The largest absolute Gasteiger partial charge is 0.486 e. The summed E-state index contributed by atoms with van der Waals surface area (Å²) in [6.45, 7) is 1.42. The van der Waals surface area contributed by atoms with Crippen molar-refractivity contribution in [3.05, 3.63) is 30.1 Å². The van der Waals surface area contributed by atoms with E-state index in [-0.39, 0.29) is 6.61 Å². The fraction of sp³-hybridized carbons (Fsp3) is 0.500. The van der Waals surface area contributed by atoms with Gasteiger partial charge in [-0.05, 0) is 47.5 Å².